The first kappa shape index (κ1) is 18.9. The number of H-pyrrole nitrogens is 1. The summed E-state index contributed by atoms with van der Waals surface area (Å²) < 4.78 is 2.18. The zero-order valence-electron chi connectivity index (χ0n) is 17.5. The molecule has 1 aromatic carbocycles. The minimum atomic E-state index is 0.195. The Morgan fingerprint density at radius 3 is 2.77 bits per heavy atom. The van der Waals surface area contributed by atoms with Gasteiger partial charge < -0.3 is 0 Å². The van der Waals surface area contributed by atoms with E-state index in [1.807, 2.05) is 18.3 Å². The molecule has 0 aliphatic heterocycles. The first-order valence-electron chi connectivity index (χ1n) is 10.7. The van der Waals surface area contributed by atoms with Gasteiger partial charge in [-0.25, -0.2) is 14.6 Å². The summed E-state index contributed by atoms with van der Waals surface area (Å²) in [6, 6.07) is 10.7. The zero-order valence-corrected chi connectivity index (χ0v) is 17.5. The lowest BCUT2D eigenvalue weighted by Crippen LogP contribution is -2.32. The average molecular weight is 402 g/mol. The molecule has 1 saturated carbocycles. The van der Waals surface area contributed by atoms with Crippen LogP contribution in [0, 0.1) is 5.41 Å². The fourth-order valence-electron chi connectivity index (χ4n) is 4.60. The Hall–Kier alpha value is -3.09. The van der Waals surface area contributed by atoms with Crippen molar-refractivity contribution in [3.63, 3.8) is 0 Å². The maximum absolute atomic E-state index is 5.00. The Balaban J connectivity index is 1.54. The van der Waals surface area contributed by atoms with Crippen molar-refractivity contribution in [1.82, 2.24) is 34.9 Å². The van der Waals surface area contributed by atoms with Crippen LogP contribution in [0.5, 0.6) is 0 Å². The van der Waals surface area contributed by atoms with E-state index in [2.05, 4.69) is 56.9 Å². The van der Waals surface area contributed by atoms with Gasteiger partial charge in [0.05, 0.1) is 6.04 Å². The molecule has 0 amide bonds. The van der Waals surface area contributed by atoms with Crippen molar-refractivity contribution in [3.05, 3.63) is 54.5 Å². The van der Waals surface area contributed by atoms with Gasteiger partial charge in [-0.15, -0.1) is 5.10 Å². The number of hydrogen-bond donors (Lipinski definition) is 1. The monoisotopic (exact) mass is 401 g/mol. The van der Waals surface area contributed by atoms with Crippen LogP contribution < -0.4 is 0 Å². The van der Waals surface area contributed by atoms with Gasteiger partial charge in [-0.2, -0.15) is 5.10 Å². The number of hydrogen-bond acceptors (Lipinski definition) is 5. The van der Waals surface area contributed by atoms with E-state index in [1.165, 1.54) is 19.3 Å². The predicted octanol–water partition coefficient (Wildman–Crippen LogP) is 4.54. The normalized spacial score (nSPS) is 18.7. The number of aromatic amines is 1. The first-order chi connectivity index (χ1) is 14.6. The number of rotatable bonds is 5. The summed E-state index contributed by atoms with van der Waals surface area (Å²) in [6.07, 6.45) is 9.85. The third-order valence-electron chi connectivity index (χ3n) is 6.36. The summed E-state index contributed by atoms with van der Waals surface area (Å²) in [4.78, 5) is 13.9. The van der Waals surface area contributed by atoms with E-state index < -0.39 is 0 Å². The minimum Gasteiger partial charge on any atom is -0.263 e. The van der Waals surface area contributed by atoms with Crippen LogP contribution in [0.4, 0.5) is 0 Å². The summed E-state index contributed by atoms with van der Waals surface area (Å²) >= 11 is 0. The van der Waals surface area contributed by atoms with Crippen molar-refractivity contribution in [2.45, 2.75) is 58.4 Å². The van der Waals surface area contributed by atoms with Gasteiger partial charge in [-0.05, 0) is 29.7 Å². The molecule has 1 atom stereocenters. The third-order valence-corrected chi connectivity index (χ3v) is 6.36. The molecule has 1 fully saturated rings. The third kappa shape index (κ3) is 3.60. The first-order valence-corrected chi connectivity index (χ1v) is 10.7. The van der Waals surface area contributed by atoms with Crippen molar-refractivity contribution in [3.8, 4) is 11.5 Å². The highest BCUT2D eigenvalue weighted by Gasteiger charge is 2.36. The topological polar surface area (TPSA) is 85.2 Å². The van der Waals surface area contributed by atoms with Gasteiger partial charge in [0.2, 0.25) is 0 Å². The van der Waals surface area contributed by atoms with Crippen LogP contribution in [0.1, 0.15) is 57.2 Å². The molecular weight excluding hydrogens is 374 g/mol. The van der Waals surface area contributed by atoms with Gasteiger partial charge >= 0.3 is 0 Å². The Bertz CT molecular complexity index is 1140. The number of pyridine rings is 1. The largest absolute Gasteiger partial charge is 0.263 e. The van der Waals surface area contributed by atoms with Crippen LogP contribution in [0.3, 0.4) is 0 Å². The molecule has 3 heterocycles. The molecule has 1 aliphatic rings. The number of aryl methyl sites for hydroxylation is 2. The predicted molar refractivity (Wildman–Crippen MR) is 116 cm³/mol. The molecule has 0 radical (unpaired) electrons. The van der Waals surface area contributed by atoms with E-state index in [9.17, 15) is 0 Å². The molecule has 7 heteroatoms. The number of nitrogens with one attached hydrogen (secondary N) is 1. The SMILES string of the molecule is CC1(C)CCCCC1n1nc(-c2cc3ccccc3cn2)nc1CCc1ncn[nH]1. The van der Waals surface area contributed by atoms with Gasteiger partial charge in [0.1, 0.15) is 23.7 Å². The smallest absolute Gasteiger partial charge is 0.200 e. The second kappa shape index (κ2) is 7.63. The average Bonchev–Trinajstić information content (AvgIpc) is 3.41. The fourth-order valence-corrected chi connectivity index (χ4v) is 4.60. The highest BCUT2D eigenvalue weighted by molar-refractivity contribution is 5.84. The van der Waals surface area contributed by atoms with E-state index in [4.69, 9.17) is 10.1 Å². The van der Waals surface area contributed by atoms with Crippen LogP contribution in [0.2, 0.25) is 0 Å². The number of nitrogens with zero attached hydrogens (tertiary/aromatic N) is 6. The highest BCUT2D eigenvalue weighted by Crippen LogP contribution is 2.44. The number of benzene rings is 1. The lowest BCUT2D eigenvalue weighted by Gasteiger charge is -2.39. The van der Waals surface area contributed by atoms with Gasteiger partial charge in [-0.1, -0.05) is 51.0 Å². The van der Waals surface area contributed by atoms with Crippen LogP contribution in [0.15, 0.2) is 42.9 Å². The summed E-state index contributed by atoms with van der Waals surface area (Å²) in [7, 11) is 0. The minimum absolute atomic E-state index is 0.195. The molecule has 0 spiro atoms. The fraction of sp³-hybridized carbons (Fsp3) is 0.435. The molecule has 1 N–H and O–H groups in total. The van der Waals surface area contributed by atoms with E-state index in [-0.39, 0.29) is 5.41 Å². The van der Waals surface area contributed by atoms with Crippen LogP contribution in [-0.2, 0) is 12.8 Å². The molecule has 0 saturated heterocycles. The van der Waals surface area contributed by atoms with Gasteiger partial charge in [0, 0.05) is 24.4 Å². The molecule has 5 rings (SSSR count). The van der Waals surface area contributed by atoms with E-state index in [0.717, 1.165) is 47.4 Å². The van der Waals surface area contributed by atoms with Crippen LogP contribution >= 0.6 is 0 Å². The molecular formula is C23H27N7. The zero-order chi connectivity index (χ0) is 20.6. The second-order valence-corrected chi connectivity index (χ2v) is 8.90. The van der Waals surface area contributed by atoms with Crippen LogP contribution in [0.25, 0.3) is 22.3 Å². The highest BCUT2D eigenvalue weighted by atomic mass is 15.4. The van der Waals surface area contributed by atoms with Crippen molar-refractivity contribution in [1.29, 1.82) is 0 Å². The molecule has 3 aromatic heterocycles. The van der Waals surface area contributed by atoms with Crippen molar-refractivity contribution >= 4 is 10.8 Å². The Morgan fingerprint density at radius 1 is 1.10 bits per heavy atom. The van der Waals surface area contributed by atoms with Gasteiger partial charge in [0.15, 0.2) is 5.82 Å². The summed E-state index contributed by atoms with van der Waals surface area (Å²) in [5.74, 6) is 2.57. The van der Waals surface area contributed by atoms with Gasteiger partial charge in [-0.3, -0.25) is 10.1 Å². The van der Waals surface area contributed by atoms with Crippen molar-refractivity contribution in [2.75, 3.05) is 0 Å². The maximum Gasteiger partial charge on any atom is 0.200 e. The number of fused-ring (bicyclic) bond motifs is 1. The second-order valence-electron chi connectivity index (χ2n) is 8.90. The van der Waals surface area contributed by atoms with E-state index in [1.54, 1.807) is 6.33 Å². The molecule has 154 valence electrons. The van der Waals surface area contributed by atoms with E-state index >= 15 is 0 Å². The maximum atomic E-state index is 5.00. The molecule has 7 nitrogen and oxygen atoms in total. The van der Waals surface area contributed by atoms with Crippen molar-refractivity contribution in [2.24, 2.45) is 5.41 Å². The molecule has 30 heavy (non-hydrogen) atoms. The Kier molecular flexibility index (Phi) is 4.81. The lowest BCUT2D eigenvalue weighted by atomic mass is 9.73. The summed E-state index contributed by atoms with van der Waals surface area (Å²) in [6.45, 7) is 4.71. The van der Waals surface area contributed by atoms with E-state index in [0.29, 0.717) is 11.9 Å². The molecule has 0 bridgehead atoms. The summed E-state index contributed by atoms with van der Waals surface area (Å²) in [5.41, 5.74) is 1.02. The summed E-state index contributed by atoms with van der Waals surface area (Å²) in [5, 5.41) is 14.2. The van der Waals surface area contributed by atoms with Gasteiger partial charge in [0.25, 0.3) is 0 Å². The Labute approximate surface area is 176 Å². The number of aromatic nitrogens is 7. The van der Waals surface area contributed by atoms with Crippen molar-refractivity contribution < 1.29 is 0 Å². The quantitative estimate of drug-likeness (QED) is 0.531. The molecule has 1 aliphatic carbocycles. The lowest BCUT2D eigenvalue weighted by molar-refractivity contribution is 0.130. The molecule has 1 unspecified atom stereocenters. The molecule has 4 aromatic rings. The van der Waals surface area contributed by atoms with Crippen LogP contribution in [-0.4, -0.2) is 34.9 Å². The Morgan fingerprint density at radius 2 is 1.97 bits per heavy atom. The standard InChI is InChI=1S/C23H27N7/c1-23(2)12-6-5-9-19(23)30-21(11-10-20-25-15-26-28-20)27-22(29-30)18-13-16-7-3-4-8-17(16)14-24-18/h3-4,7-8,13-15,19H,5-6,9-12H2,1-2H3,(H,25,26,28).